The first-order chi connectivity index (χ1) is 3.27. The van der Waals surface area contributed by atoms with Crippen LogP contribution in [0.5, 0.6) is 0 Å². The Labute approximate surface area is 43.1 Å². The molecule has 1 rings (SSSR count). The van der Waals surface area contributed by atoms with Crippen LogP contribution in [0.15, 0.2) is 0 Å². The van der Waals surface area contributed by atoms with E-state index in [1.165, 1.54) is 0 Å². The summed E-state index contributed by atoms with van der Waals surface area (Å²) in [5, 5.41) is 0. The van der Waals surface area contributed by atoms with Gasteiger partial charge >= 0.3 is 0 Å². The van der Waals surface area contributed by atoms with Crippen LogP contribution in [-0.4, -0.2) is 5.66 Å². The zero-order valence-electron chi connectivity index (χ0n) is 4.15. The van der Waals surface area contributed by atoms with Gasteiger partial charge in [-0.2, -0.15) is 0 Å². The molecule has 7 heavy (non-hydrogen) atoms. The summed E-state index contributed by atoms with van der Waals surface area (Å²) in [6.07, 6.45) is 2.94. The SMILES string of the molecule is [C-]#[N+]C1(N)CCC1. The lowest BCUT2D eigenvalue weighted by atomic mass is 9.87. The highest BCUT2D eigenvalue weighted by Gasteiger charge is 2.38. The minimum Gasteiger partial charge on any atom is -0.293 e. The molecule has 1 fully saturated rings. The van der Waals surface area contributed by atoms with Gasteiger partial charge in [-0.25, -0.2) is 6.57 Å². The highest BCUT2D eigenvalue weighted by molar-refractivity contribution is 4.99. The van der Waals surface area contributed by atoms with Crippen LogP contribution < -0.4 is 5.73 Å². The van der Waals surface area contributed by atoms with Gasteiger partial charge in [-0.15, -0.1) is 0 Å². The Hall–Kier alpha value is -0.550. The van der Waals surface area contributed by atoms with Gasteiger partial charge in [0.25, 0.3) is 5.66 Å². The van der Waals surface area contributed by atoms with Gasteiger partial charge < -0.3 is 0 Å². The van der Waals surface area contributed by atoms with Crippen LogP contribution in [0.25, 0.3) is 4.85 Å². The molecule has 0 spiro atoms. The Kier molecular flexibility index (Phi) is 0.795. The summed E-state index contributed by atoms with van der Waals surface area (Å²) in [6.45, 7) is 6.56. The molecule has 0 heterocycles. The fourth-order valence-corrected chi connectivity index (χ4v) is 0.651. The fraction of sp³-hybridized carbons (Fsp3) is 0.800. The number of hydrogen-bond acceptors (Lipinski definition) is 1. The summed E-state index contributed by atoms with van der Waals surface area (Å²) in [6, 6.07) is 0. The molecular formula is C5H8N2. The molecule has 0 bridgehead atoms. The van der Waals surface area contributed by atoms with Crippen molar-refractivity contribution in [1.29, 1.82) is 0 Å². The van der Waals surface area contributed by atoms with Crippen molar-refractivity contribution in [2.45, 2.75) is 24.9 Å². The molecule has 0 saturated heterocycles. The number of rotatable bonds is 0. The predicted molar refractivity (Wildman–Crippen MR) is 27.4 cm³/mol. The van der Waals surface area contributed by atoms with Gasteiger partial charge in [0.05, 0.1) is 0 Å². The minimum atomic E-state index is -0.444. The van der Waals surface area contributed by atoms with Gasteiger partial charge in [0, 0.05) is 12.8 Å². The van der Waals surface area contributed by atoms with Crippen LogP contribution in [0.2, 0.25) is 0 Å². The number of nitrogens with zero attached hydrogens (tertiary/aromatic N) is 1. The van der Waals surface area contributed by atoms with E-state index in [1.807, 2.05) is 0 Å². The second-order valence-electron chi connectivity index (χ2n) is 2.07. The summed E-state index contributed by atoms with van der Waals surface area (Å²) in [4.78, 5) is 3.25. The Morgan fingerprint density at radius 2 is 2.14 bits per heavy atom. The number of nitrogens with two attached hydrogens (primary N) is 1. The molecule has 0 aromatic heterocycles. The topological polar surface area (TPSA) is 30.4 Å². The molecule has 1 aliphatic carbocycles. The van der Waals surface area contributed by atoms with Crippen molar-refractivity contribution in [3.63, 3.8) is 0 Å². The lowest BCUT2D eigenvalue weighted by Crippen LogP contribution is -2.42. The van der Waals surface area contributed by atoms with E-state index >= 15 is 0 Å². The molecule has 0 unspecified atom stereocenters. The normalized spacial score (nSPS) is 25.1. The summed E-state index contributed by atoms with van der Waals surface area (Å²) >= 11 is 0. The van der Waals surface area contributed by atoms with E-state index in [4.69, 9.17) is 12.3 Å². The molecule has 0 aliphatic heterocycles. The average molecular weight is 96.1 g/mol. The van der Waals surface area contributed by atoms with E-state index in [-0.39, 0.29) is 0 Å². The lowest BCUT2D eigenvalue weighted by molar-refractivity contribution is 0.314. The standard InChI is InChI=1S/C5H8N2/c1-7-5(6)3-2-4-5/h2-4,6H2. The zero-order valence-corrected chi connectivity index (χ0v) is 4.15. The summed E-state index contributed by atoms with van der Waals surface area (Å²) in [5.74, 6) is 0. The molecule has 0 atom stereocenters. The lowest BCUT2D eigenvalue weighted by Gasteiger charge is -2.24. The predicted octanol–water partition coefficient (Wildman–Crippen LogP) is 0.745. The summed E-state index contributed by atoms with van der Waals surface area (Å²) in [7, 11) is 0. The van der Waals surface area contributed by atoms with Crippen molar-refractivity contribution in [3.05, 3.63) is 11.4 Å². The summed E-state index contributed by atoms with van der Waals surface area (Å²) < 4.78 is 0. The molecule has 0 amide bonds. The van der Waals surface area contributed by atoms with E-state index in [9.17, 15) is 0 Å². The van der Waals surface area contributed by atoms with Crippen LogP contribution in [0, 0.1) is 6.57 Å². The van der Waals surface area contributed by atoms with E-state index < -0.39 is 5.66 Å². The molecular weight excluding hydrogens is 88.1 g/mol. The molecule has 0 aromatic carbocycles. The second-order valence-corrected chi connectivity index (χ2v) is 2.07. The number of hydrogen-bond donors (Lipinski definition) is 1. The van der Waals surface area contributed by atoms with Crippen molar-refractivity contribution in [2.75, 3.05) is 0 Å². The largest absolute Gasteiger partial charge is 0.293 e. The van der Waals surface area contributed by atoms with E-state index in [2.05, 4.69) is 4.85 Å². The zero-order chi connectivity index (χ0) is 5.33. The van der Waals surface area contributed by atoms with Crippen LogP contribution in [0.4, 0.5) is 0 Å². The average Bonchev–Trinajstić information content (AvgIpc) is 1.61. The summed E-state index contributed by atoms with van der Waals surface area (Å²) in [5.41, 5.74) is 5.00. The van der Waals surface area contributed by atoms with Gasteiger partial charge in [0.15, 0.2) is 0 Å². The highest BCUT2D eigenvalue weighted by atomic mass is 15.0. The van der Waals surface area contributed by atoms with Gasteiger partial charge in [0.2, 0.25) is 0 Å². The molecule has 1 aliphatic rings. The van der Waals surface area contributed by atoms with Crippen LogP contribution >= 0.6 is 0 Å². The molecule has 2 nitrogen and oxygen atoms in total. The third-order valence-corrected chi connectivity index (χ3v) is 1.44. The van der Waals surface area contributed by atoms with Crippen LogP contribution in [0.3, 0.4) is 0 Å². The second kappa shape index (κ2) is 1.21. The van der Waals surface area contributed by atoms with Gasteiger partial charge in [-0.05, 0) is 6.42 Å². The van der Waals surface area contributed by atoms with Crippen LogP contribution in [0.1, 0.15) is 19.3 Å². The maximum absolute atomic E-state index is 6.56. The third kappa shape index (κ3) is 0.594. The molecule has 0 radical (unpaired) electrons. The molecule has 0 aromatic rings. The monoisotopic (exact) mass is 96.1 g/mol. The van der Waals surface area contributed by atoms with E-state index in [1.54, 1.807) is 0 Å². The molecule has 1 saturated carbocycles. The van der Waals surface area contributed by atoms with Crippen molar-refractivity contribution < 1.29 is 0 Å². The van der Waals surface area contributed by atoms with E-state index in [0.29, 0.717) is 0 Å². The quantitative estimate of drug-likeness (QED) is 0.443. The fourth-order valence-electron chi connectivity index (χ4n) is 0.651. The maximum atomic E-state index is 6.56. The first kappa shape index (κ1) is 4.61. The van der Waals surface area contributed by atoms with Gasteiger partial charge in [-0.3, -0.25) is 10.6 Å². The Morgan fingerprint density at radius 1 is 1.57 bits per heavy atom. The first-order valence-corrected chi connectivity index (χ1v) is 2.44. The van der Waals surface area contributed by atoms with Gasteiger partial charge in [-0.1, -0.05) is 0 Å². The Morgan fingerprint density at radius 3 is 2.14 bits per heavy atom. The van der Waals surface area contributed by atoms with Gasteiger partial charge in [0.1, 0.15) is 0 Å². The smallest absolute Gasteiger partial charge is 0.283 e. The van der Waals surface area contributed by atoms with Crippen LogP contribution in [-0.2, 0) is 0 Å². The van der Waals surface area contributed by atoms with Crippen molar-refractivity contribution in [1.82, 2.24) is 0 Å². The minimum absolute atomic E-state index is 0.444. The Balaban J connectivity index is 2.48. The Bertz CT molecular complexity index is 108. The molecule has 2 N–H and O–H groups in total. The first-order valence-electron chi connectivity index (χ1n) is 2.44. The highest BCUT2D eigenvalue weighted by Crippen LogP contribution is 2.29. The van der Waals surface area contributed by atoms with E-state index in [0.717, 1.165) is 19.3 Å². The molecule has 2 heteroatoms. The molecule has 38 valence electrons. The van der Waals surface area contributed by atoms with Crippen molar-refractivity contribution in [2.24, 2.45) is 5.73 Å². The van der Waals surface area contributed by atoms with Crippen molar-refractivity contribution >= 4 is 0 Å². The van der Waals surface area contributed by atoms with Crippen molar-refractivity contribution in [3.8, 4) is 0 Å². The maximum Gasteiger partial charge on any atom is 0.283 e. The third-order valence-electron chi connectivity index (χ3n) is 1.44.